The highest BCUT2D eigenvalue weighted by atomic mass is 16.6. The summed E-state index contributed by atoms with van der Waals surface area (Å²) in [5.74, 6) is -0.840. The van der Waals surface area contributed by atoms with Gasteiger partial charge in [0.15, 0.2) is 6.10 Å². The molecule has 0 rings (SSSR count). The summed E-state index contributed by atoms with van der Waals surface area (Å²) in [6.45, 7) is 6.68. The number of esters is 3. The van der Waals surface area contributed by atoms with E-state index in [2.05, 4.69) is 20.8 Å². The number of unbranched alkanes of at least 4 members (excludes halogenated alkanes) is 38. The van der Waals surface area contributed by atoms with Gasteiger partial charge in [-0.1, -0.05) is 265 Å². The van der Waals surface area contributed by atoms with Crippen LogP contribution < -0.4 is 0 Å². The summed E-state index contributed by atoms with van der Waals surface area (Å²) < 4.78 is 16.8. The lowest BCUT2D eigenvalue weighted by Gasteiger charge is -2.18. The first-order chi connectivity index (χ1) is 29.0. The van der Waals surface area contributed by atoms with Gasteiger partial charge >= 0.3 is 17.9 Å². The van der Waals surface area contributed by atoms with Crippen molar-refractivity contribution < 1.29 is 28.6 Å². The summed E-state index contributed by atoms with van der Waals surface area (Å²) in [5.41, 5.74) is 0. The van der Waals surface area contributed by atoms with E-state index < -0.39 is 6.10 Å². The highest BCUT2D eigenvalue weighted by molar-refractivity contribution is 5.71. The Morgan fingerprint density at radius 2 is 0.458 bits per heavy atom. The zero-order valence-electron chi connectivity index (χ0n) is 40.1. The third-order valence-corrected chi connectivity index (χ3v) is 12.1. The van der Waals surface area contributed by atoms with Crippen LogP contribution in [0.1, 0.15) is 303 Å². The summed E-state index contributed by atoms with van der Waals surface area (Å²) in [4.78, 5) is 37.9. The molecule has 0 aromatic heterocycles. The van der Waals surface area contributed by atoms with Gasteiger partial charge in [-0.05, 0) is 19.3 Å². The Morgan fingerprint density at radius 3 is 0.678 bits per heavy atom. The Hall–Kier alpha value is -1.59. The molecule has 0 amide bonds. The van der Waals surface area contributed by atoms with Crippen LogP contribution in [0.3, 0.4) is 0 Å². The van der Waals surface area contributed by atoms with Crippen LogP contribution in [0.2, 0.25) is 0 Å². The fourth-order valence-corrected chi connectivity index (χ4v) is 8.09. The minimum Gasteiger partial charge on any atom is -0.462 e. The van der Waals surface area contributed by atoms with Crippen LogP contribution in [0, 0.1) is 0 Å². The number of rotatable bonds is 49. The minimum absolute atomic E-state index is 0.0617. The molecule has 0 N–H and O–H groups in total. The van der Waals surface area contributed by atoms with Crippen LogP contribution in [0.15, 0.2) is 0 Å². The molecule has 59 heavy (non-hydrogen) atoms. The van der Waals surface area contributed by atoms with Gasteiger partial charge in [-0.15, -0.1) is 0 Å². The molecular weight excluding hydrogens is 733 g/mol. The Balaban J connectivity index is 4.28. The second-order valence-electron chi connectivity index (χ2n) is 18.2. The number of hydrogen-bond donors (Lipinski definition) is 0. The van der Waals surface area contributed by atoms with Gasteiger partial charge in [-0.2, -0.15) is 0 Å². The highest BCUT2D eigenvalue weighted by Crippen LogP contribution is 2.17. The van der Waals surface area contributed by atoms with Crippen LogP contribution >= 0.6 is 0 Å². The Morgan fingerprint density at radius 1 is 0.271 bits per heavy atom. The van der Waals surface area contributed by atoms with Crippen molar-refractivity contribution in [2.45, 2.75) is 309 Å². The summed E-state index contributed by atoms with van der Waals surface area (Å²) >= 11 is 0. The van der Waals surface area contributed by atoms with E-state index in [9.17, 15) is 14.4 Å². The Kier molecular flexibility index (Phi) is 47.7. The number of hydrogen-bond acceptors (Lipinski definition) is 6. The molecule has 350 valence electrons. The first-order valence-corrected chi connectivity index (χ1v) is 26.5. The lowest BCUT2D eigenvalue weighted by Crippen LogP contribution is -2.30. The first-order valence-electron chi connectivity index (χ1n) is 26.5. The molecule has 0 radical (unpaired) electrons. The third kappa shape index (κ3) is 47.3. The van der Waals surface area contributed by atoms with Crippen LogP contribution in [0.5, 0.6) is 0 Å². The molecule has 0 aliphatic heterocycles. The van der Waals surface area contributed by atoms with E-state index in [-0.39, 0.29) is 31.1 Å². The van der Waals surface area contributed by atoms with E-state index in [1.54, 1.807) is 0 Å². The Labute approximate surface area is 368 Å². The molecule has 0 saturated carbocycles. The smallest absolute Gasteiger partial charge is 0.306 e. The average molecular weight is 835 g/mol. The average Bonchev–Trinajstić information content (AvgIpc) is 3.23. The molecule has 0 heterocycles. The molecule has 0 saturated heterocycles. The number of ether oxygens (including phenoxy) is 3. The topological polar surface area (TPSA) is 78.9 Å². The lowest BCUT2D eigenvalue weighted by atomic mass is 10.0. The molecule has 0 aliphatic carbocycles. The standard InChI is InChI=1S/C53H102O6/c1-4-7-10-13-16-19-22-24-25-26-27-29-32-35-38-41-44-47-53(56)59-50(48-57-51(54)45-42-39-36-33-30-21-18-15-12-9-6-3)49-58-52(55)46-43-40-37-34-31-28-23-20-17-14-11-8-5-2/h50H,4-49H2,1-3H3/t50-/m0/s1. The predicted molar refractivity (Wildman–Crippen MR) is 252 cm³/mol. The van der Waals surface area contributed by atoms with Crippen molar-refractivity contribution in [3.8, 4) is 0 Å². The molecule has 0 aromatic rings. The second-order valence-corrected chi connectivity index (χ2v) is 18.2. The van der Waals surface area contributed by atoms with Gasteiger partial charge < -0.3 is 14.2 Å². The fraction of sp³-hybridized carbons (Fsp3) is 0.943. The lowest BCUT2D eigenvalue weighted by molar-refractivity contribution is -0.167. The third-order valence-electron chi connectivity index (χ3n) is 12.1. The van der Waals surface area contributed by atoms with Crippen molar-refractivity contribution in [2.75, 3.05) is 13.2 Å². The van der Waals surface area contributed by atoms with Crippen molar-refractivity contribution in [3.63, 3.8) is 0 Å². The fourth-order valence-electron chi connectivity index (χ4n) is 8.09. The van der Waals surface area contributed by atoms with E-state index in [0.29, 0.717) is 19.3 Å². The van der Waals surface area contributed by atoms with Crippen molar-refractivity contribution in [1.82, 2.24) is 0 Å². The van der Waals surface area contributed by atoms with E-state index in [4.69, 9.17) is 14.2 Å². The number of carbonyl (C=O) groups is 3. The normalized spacial score (nSPS) is 11.8. The number of carbonyl (C=O) groups excluding carboxylic acids is 3. The van der Waals surface area contributed by atoms with Crippen LogP contribution in [0.4, 0.5) is 0 Å². The summed E-state index contributed by atoms with van der Waals surface area (Å²) in [7, 11) is 0. The monoisotopic (exact) mass is 835 g/mol. The highest BCUT2D eigenvalue weighted by Gasteiger charge is 2.19. The van der Waals surface area contributed by atoms with Crippen molar-refractivity contribution >= 4 is 17.9 Å². The molecule has 0 aromatic carbocycles. The zero-order chi connectivity index (χ0) is 43.0. The maximum absolute atomic E-state index is 12.8. The molecule has 0 fully saturated rings. The Bertz CT molecular complexity index is 874. The predicted octanol–water partition coefficient (Wildman–Crippen LogP) is 17.2. The molecule has 6 nitrogen and oxygen atoms in total. The second kappa shape index (κ2) is 49.1. The van der Waals surface area contributed by atoms with E-state index in [1.807, 2.05) is 0 Å². The van der Waals surface area contributed by atoms with Crippen molar-refractivity contribution in [2.24, 2.45) is 0 Å². The van der Waals surface area contributed by atoms with Crippen LogP contribution in [-0.4, -0.2) is 37.2 Å². The van der Waals surface area contributed by atoms with Gasteiger partial charge in [0.25, 0.3) is 0 Å². The minimum atomic E-state index is -0.759. The van der Waals surface area contributed by atoms with Gasteiger partial charge in [0, 0.05) is 19.3 Å². The molecule has 0 bridgehead atoms. The summed E-state index contributed by atoms with van der Waals surface area (Å²) in [5, 5.41) is 0. The molecule has 1 atom stereocenters. The van der Waals surface area contributed by atoms with Gasteiger partial charge in [0.2, 0.25) is 0 Å². The molecule has 0 aliphatic rings. The summed E-state index contributed by atoms with van der Waals surface area (Å²) in [6, 6.07) is 0. The van der Waals surface area contributed by atoms with E-state index in [1.165, 1.54) is 205 Å². The molecule has 6 heteroatoms. The van der Waals surface area contributed by atoms with Crippen LogP contribution in [0.25, 0.3) is 0 Å². The molecule has 0 unspecified atom stereocenters. The van der Waals surface area contributed by atoms with Gasteiger partial charge in [0.05, 0.1) is 0 Å². The van der Waals surface area contributed by atoms with Gasteiger partial charge in [-0.25, -0.2) is 0 Å². The van der Waals surface area contributed by atoms with Crippen molar-refractivity contribution in [1.29, 1.82) is 0 Å². The quantitative estimate of drug-likeness (QED) is 0.0345. The van der Waals surface area contributed by atoms with Gasteiger partial charge in [0.1, 0.15) is 13.2 Å². The van der Waals surface area contributed by atoms with Crippen molar-refractivity contribution in [3.05, 3.63) is 0 Å². The summed E-state index contributed by atoms with van der Waals surface area (Å²) in [6.07, 6.45) is 52.3. The van der Waals surface area contributed by atoms with E-state index >= 15 is 0 Å². The maximum atomic E-state index is 12.8. The van der Waals surface area contributed by atoms with E-state index in [0.717, 1.165) is 57.8 Å². The first kappa shape index (κ1) is 57.4. The SMILES string of the molecule is CCCCCCCCCCCCCCCCCCCC(=O)O[C@@H](COC(=O)CCCCCCCCCCCCC)COC(=O)CCCCCCCCCCCCCCC. The van der Waals surface area contributed by atoms with Gasteiger partial charge in [-0.3, -0.25) is 14.4 Å². The molecule has 0 spiro atoms. The largest absolute Gasteiger partial charge is 0.462 e. The molecular formula is C53H102O6. The zero-order valence-corrected chi connectivity index (χ0v) is 40.1. The maximum Gasteiger partial charge on any atom is 0.306 e. The van der Waals surface area contributed by atoms with Crippen LogP contribution in [-0.2, 0) is 28.6 Å².